The Morgan fingerprint density at radius 1 is 1.15 bits per heavy atom. The van der Waals surface area contributed by atoms with E-state index in [9.17, 15) is 20.1 Å². The number of benzene rings is 2. The Bertz CT molecular complexity index is 1320. The number of aromatic hydroxyl groups is 1. The van der Waals surface area contributed by atoms with E-state index in [0.29, 0.717) is 44.7 Å². The zero-order chi connectivity index (χ0) is 29.4. The van der Waals surface area contributed by atoms with Gasteiger partial charge in [0.2, 0.25) is 6.73 Å². The van der Waals surface area contributed by atoms with Gasteiger partial charge in [-0.2, -0.15) is 0 Å². The molecule has 2 atom stereocenters. The van der Waals surface area contributed by atoms with Crippen molar-refractivity contribution in [2.45, 2.75) is 77.2 Å². The molecule has 0 radical (unpaired) electrons. The van der Waals surface area contributed by atoms with Crippen molar-refractivity contribution in [3.63, 3.8) is 0 Å². The zero-order valence-electron chi connectivity index (χ0n) is 23.8. The first-order valence-corrected chi connectivity index (χ1v) is 14.5. The fourth-order valence-electron chi connectivity index (χ4n) is 5.26. The van der Waals surface area contributed by atoms with E-state index in [4.69, 9.17) is 16.2 Å². The number of quaternary nitrogens is 1. The molecule has 0 bridgehead atoms. The van der Waals surface area contributed by atoms with Crippen LogP contribution in [0.4, 0.5) is 0 Å². The number of nitrogens with one attached hydrogen (secondary N) is 1. The summed E-state index contributed by atoms with van der Waals surface area (Å²) in [6.07, 6.45) is 8.19. The maximum atomic E-state index is 12.3. The van der Waals surface area contributed by atoms with Crippen molar-refractivity contribution in [3.05, 3.63) is 82.2 Å². The minimum absolute atomic E-state index is 0.0394. The molecule has 8 N–H and O–H groups in total. The Labute approximate surface area is 241 Å². The smallest absolute Gasteiger partial charge is 0.227 e. The average molecular weight is 564 g/mol. The van der Waals surface area contributed by atoms with Gasteiger partial charge in [-0.1, -0.05) is 50.5 Å². The van der Waals surface area contributed by atoms with Crippen LogP contribution in [0.5, 0.6) is 11.5 Å². The van der Waals surface area contributed by atoms with Gasteiger partial charge < -0.3 is 31.5 Å². The molecule has 2 aliphatic heterocycles. The molecular formula is C32H43N4O5+. The number of ketones is 1. The van der Waals surface area contributed by atoms with Gasteiger partial charge in [-0.3, -0.25) is 14.7 Å². The van der Waals surface area contributed by atoms with Gasteiger partial charge in [-0.25, -0.2) is 0 Å². The number of aliphatic hydroxyl groups excluding tert-OH is 2. The SMILES string of the molecule is CCCCC[C@@H](O)CC(=O)CCc1ccc(O)c(OC[NH+]2C=C3C(Cc4cc(C(N)N)ccc4CO)=CN=C3C2)c1. The predicted molar refractivity (Wildman–Crippen MR) is 158 cm³/mol. The molecule has 0 amide bonds. The molecule has 9 nitrogen and oxygen atoms in total. The summed E-state index contributed by atoms with van der Waals surface area (Å²) in [5, 5.41) is 30.3. The molecule has 1 unspecified atom stereocenters. The third-order valence-electron chi connectivity index (χ3n) is 7.68. The van der Waals surface area contributed by atoms with E-state index in [1.165, 1.54) is 0 Å². The molecule has 9 heteroatoms. The summed E-state index contributed by atoms with van der Waals surface area (Å²) in [7, 11) is 0. The van der Waals surface area contributed by atoms with Crippen molar-refractivity contribution >= 4 is 11.5 Å². The Morgan fingerprint density at radius 2 is 1.98 bits per heavy atom. The monoisotopic (exact) mass is 563 g/mol. The number of allylic oxidation sites excluding steroid dienone is 1. The number of aliphatic hydroxyl groups is 2. The lowest BCUT2D eigenvalue weighted by Crippen LogP contribution is -3.07. The molecule has 0 saturated heterocycles. The Balaban J connectivity index is 1.31. The number of nitrogens with zero attached hydrogens (tertiary/aromatic N) is 1. The lowest BCUT2D eigenvalue weighted by atomic mass is 9.94. The van der Waals surface area contributed by atoms with E-state index in [-0.39, 0.29) is 24.6 Å². The first kappa shape index (κ1) is 30.6. The third-order valence-corrected chi connectivity index (χ3v) is 7.68. The molecule has 2 aromatic carbocycles. The minimum Gasteiger partial charge on any atom is -0.504 e. The highest BCUT2D eigenvalue weighted by Crippen LogP contribution is 2.29. The summed E-state index contributed by atoms with van der Waals surface area (Å²) in [5.74, 6) is 0.459. The van der Waals surface area contributed by atoms with Crippen LogP contribution in [-0.4, -0.2) is 46.2 Å². The molecule has 220 valence electrons. The van der Waals surface area contributed by atoms with Crippen molar-refractivity contribution in [1.82, 2.24) is 0 Å². The lowest BCUT2D eigenvalue weighted by Gasteiger charge is -2.14. The van der Waals surface area contributed by atoms with Crippen LogP contribution in [0.3, 0.4) is 0 Å². The van der Waals surface area contributed by atoms with E-state index < -0.39 is 12.3 Å². The van der Waals surface area contributed by atoms with Crippen LogP contribution < -0.4 is 21.1 Å². The number of ether oxygens (including phenoxy) is 1. The Morgan fingerprint density at radius 3 is 2.73 bits per heavy atom. The largest absolute Gasteiger partial charge is 0.504 e. The van der Waals surface area contributed by atoms with Crippen molar-refractivity contribution in [3.8, 4) is 11.5 Å². The van der Waals surface area contributed by atoms with Crippen molar-refractivity contribution in [2.75, 3.05) is 13.3 Å². The van der Waals surface area contributed by atoms with E-state index in [2.05, 4.69) is 18.1 Å². The fourth-order valence-corrected chi connectivity index (χ4v) is 5.26. The summed E-state index contributed by atoms with van der Waals surface area (Å²) in [6.45, 7) is 3.00. The normalized spacial score (nSPS) is 16.8. The van der Waals surface area contributed by atoms with Gasteiger partial charge in [0.25, 0.3) is 0 Å². The predicted octanol–water partition coefficient (Wildman–Crippen LogP) is 2.33. The third kappa shape index (κ3) is 8.34. The van der Waals surface area contributed by atoms with E-state index in [1.807, 2.05) is 24.4 Å². The molecule has 41 heavy (non-hydrogen) atoms. The second-order valence-electron chi connectivity index (χ2n) is 11.0. The zero-order valence-corrected chi connectivity index (χ0v) is 23.8. The number of phenolic OH excluding ortho intramolecular Hbond substituents is 1. The first-order chi connectivity index (χ1) is 19.8. The summed E-state index contributed by atoms with van der Waals surface area (Å²) in [4.78, 5) is 18.0. The molecule has 0 aliphatic carbocycles. The molecule has 0 aromatic heterocycles. The number of unbranched alkanes of at least 4 members (excludes halogenated alkanes) is 2. The number of fused-ring (bicyclic) bond motifs is 1. The number of aryl methyl sites for hydroxylation is 1. The number of carbonyl (C=O) groups is 1. The van der Waals surface area contributed by atoms with Crippen molar-refractivity contribution in [1.29, 1.82) is 0 Å². The van der Waals surface area contributed by atoms with Gasteiger partial charge in [0, 0.05) is 25.5 Å². The van der Waals surface area contributed by atoms with Crippen LogP contribution in [0.15, 0.2) is 64.9 Å². The molecular weight excluding hydrogens is 520 g/mol. The van der Waals surface area contributed by atoms with Crippen LogP contribution in [-0.2, 0) is 24.2 Å². The topological polar surface area (TPSA) is 156 Å². The quantitative estimate of drug-likeness (QED) is 0.135. The van der Waals surface area contributed by atoms with Crippen LogP contribution in [0.2, 0.25) is 0 Å². The van der Waals surface area contributed by atoms with Crippen LogP contribution >= 0.6 is 0 Å². The molecule has 2 heterocycles. The highest BCUT2D eigenvalue weighted by atomic mass is 16.5. The summed E-state index contributed by atoms with van der Waals surface area (Å²) in [5.41, 5.74) is 18.3. The summed E-state index contributed by atoms with van der Waals surface area (Å²) in [6, 6.07) is 10.8. The number of hydrogen-bond donors (Lipinski definition) is 6. The van der Waals surface area contributed by atoms with Crippen LogP contribution in [0, 0.1) is 0 Å². The van der Waals surface area contributed by atoms with Gasteiger partial charge in [0.1, 0.15) is 24.2 Å². The molecule has 4 rings (SSSR count). The van der Waals surface area contributed by atoms with Gasteiger partial charge in [-0.15, -0.1) is 0 Å². The number of Topliss-reactive ketones (excluding diaryl/α,β-unsaturated/α-hetero) is 1. The number of aliphatic imine (C=N–C) groups is 1. The van der Waals surface area contributed by atoms with Gasteiger partial charge in [0.15, 0.2) is 11.5 Å². The number of carbonyl (C=O) groups excluding carboxylic acids is 1. The Kier molecular flexibility index (Phi) is 10.8. The molecule has 0 fully saturated rings. The maximum absolute atomic E-state index is 12.3. The second kappa shape index (κ2) is 14.5. The molecule has 2 aromatic rings. The molecule has 0 saturated carbocycles. The first-order valence-electron chi connectivity index (χ1n) is 14.5. The minimum atomic E-state index is -0.586. The number of nitrogens with two attached hydrogens (primary N) is 2. The van der Waals surface area contributed by atoms with E-state index in [1.54, 1.807) is 18.2 Å². The second-order valence-corrected chi connectivity index (χ2v) is 11.0. The average Bonchev–Trinajstić information content (AvgIpc) is 3.53. The van der Waals surface area contributed by atoms with Crippen molar-refractivity contribution < 1.29 is 29.8 Å². The summed E-state index contributed by atoms with van der Waals surface area (Å²) < 4.78 is 5.99. The lowest BCUT2D eigenvalue weighted by molar-refractivity contribution is -0.851. The molecule has 0 spiro atoms. The number of rotatable bonds is 16. The fraction of sp³-hybridized carbons (Fsp3) is 0.438. The number of phenols is 1. The Hall–Kier alpha value is -3.34. The van der Waals surface area contributed by atoms with Gasteiger partial charge in [0.05, 0.1) is 24.4 Å². The highest BCUT2D eigenvalue weighted by molar-refractivity contribution is 6.08. The van der Waals surface area contributed by atoms with E-state index >= 15 is 0 Å². The van der Waals surface area contributed by atoms with E-state index in [0.717, 1.165) is 63.3 Å². The standard InChI is InChI=1S/C32H42N4O5/c1-2-3-4-5-26(38)15-27(39)10-6-21-7-11-30(40)31(12-21)41-20-36-17-28-25(16-35-29(28)18-36)14-24-13-22(32(33)34)8-9-23(24)19-37/h7-9,11-13,16-17,26,32,37-38,40H,2-6,10,14-15,18-20,33-34H2,1H3/p+1/t26-/m1/s1. The maximum Gasteiger partial charge on any atom is 0.227 e. The van der Waals surface area contributed by atoms with Crippen LogP contribution in [0.1, 0.15) is 73.9 Å². The van der Waals surface area contributed by atoms with Gasteiger partial charge >= 0.3 is 0 Å². The van der Waals surface area contributed by atoms with Gasteiger partial charge in [-0.05, 0) is 52.8 Å². The molecule has 2 aliphatic rings. The van der Waals surface area contributed by atoms with Crippen LogP contribution in [0.25, 0.3) is 0 Å². The summed E-state index contributed by atoms with van der Waals surface area (Å²) >= 11 is 0. The van der Waals surface area contributed by atoms with Crippen molar-refractivity contribution in [2.24, 2.45) is 16.5 Å². The highest BCUT2D eigenvalue weighted by Gasteiger charge is 2.30. The number of hydrogen-bond acceptors (Lipinski definition) is 8.